The van der Waals surface area contributed by atoms with Gasteiger partial charge in [0.05, 0.1) is 10.4 Å². The van der Waals surface area contributed by atoms with Gasteiger partial charge in [0.1, 0.15) is 5.82 Å². The van der Waals surface area contributed by atoms with Gasteiger partial charge in [-0.25, -0.2) is 4.39 Å². The highest BCUT2D eigenvalue weighted by Gasteiger charge is 2.26. The third-order valence-electron chi connectivity index (χ3n) is 4.91. The fourth-order valence-electron chi connectivity index (χ4n) is 3.40. The minimum atomic E-state index is -0.260. The summed E-state index contributed by atoms with van der Waals surface area (Å²) in [6.07, 6.45) is 0. The Kier molecular flexibility index (Phi) is 5.21. The van der Waals surface area contributed by atoms with Gasteiger partial charge < -0.3 is 9.80 Å². The molecule has 0 atom stereocenters. The minimum absolute atomic E-state index is 0.121. The van der Waals surface area contributed by atoms with E-state index in [4.69, 9.17) is 0 Å². The number of benzene rings is 2. The quantitative estimate of drug-likeness (QED) is 0.626. The molecule has 1 aliphatic heterocycles. The first-order chi connectivity index (χ1) is 13.6. The third-order valence-corrected chi connectivity index (χ3v) is 5.77. The average Bonchev–Trinajstić information content (AvgIpc) is 3.28. The van der Waals surface area contributed by atoms with Crippen molar-refractivity contribution in [1.82, 2.24) is 4.90 Å². The van der Waals surface area contributed by atoms with Crippen molar-refractivity contribution in [3.63, 3.8) is 0 Å². The van der Waals surface area contributed by atoms with Gasteiger partial charge in [0, 0.05) is 37.4 Å². The number of piperazine rings is 1. The molecule has 6 heteroatoms. The minimum Gasteiger partial charge on any atom is -0.368 e. The molecular weight excluding hydrogens is 375 g/mol. The normalized spacial score (nSPS) is 14.2. The summed E-state index contributed by atoms with van der Waals surface area (Å²) in [6.45, 7) is 2.44. The van der Waals surface area contributed by atoms with E-state index in [0.29, 0.717) is 42.2 Å². The van der Waals surface area contributed by atoms with Crippen LogP contribution in [0.3, 0.4) is 0 Å². The van der Waals surface area contributed by atoms with Gasteiger partial charge in [-0.1, -0.05) is 24.3 Å². The molecule has 28 heavy (non-hydrogen) atoms. The molecule has 3 aromatic rings. The van der Waals surface area contributed by atoms with Crippen molar-refractivity contribution in [2.45, 2.75) is 0 Å². The summed E-state index contributed by atoms with van der Waals surface area (Å²) in [5, 5.41) is 1.85. The molecule has 4 nitrogen and oxygen atoms in total. The van der Waals surface area contributed by atoms with Crippen molar-refractivity contribution in [3.8, 4) is 0 Å². The van der Waals surface area contributed by atoms with Crippen LogP contribution in [-0.4, -0.2) is 42.8 Å². The lowest BCUT2D eigenvalue weighted by molar-refractivity contribution is 0.0742. The van der Waals surface area contributed by atoms with E-state index in [1.807, 2.05) is 11.4 Å². The number of thiophene rings is 1. The van der Waals surface area contributed by atoms with Crippen LogP contribution >= 0.6 is 11.3 Å². The van der Waals surface area contributed by atoms with Gasteiger partial charge in [-0.3, -0.25) is 9.59 Å². The number of hydrogen-bond acceptors (Lipinski definition) is 4. The summed E-state index contributed by atoms with van der Waals surface area (Å²) < 4.78 is 13.1. The van der Waals surface area contributed by atoms with Crippen LogP contribution in [-0.2, 0) is 0 Å². The molecule has 0 unspecified atom stereocenters. The Hall–Kier alpha value is -2.99. The van der Waals surface area contributed by atoms with Crippen LogP contribution in [0.1, 0.15) is 25.6 Å². The maximum Gasteiger partial charge on any atom is 0.254 e. The topological polar surface area (TPSA) is 40.6 Å². The number of carbonyl (C=O) groups is 2. The molecule has 1 amide bonds. The van der Waals surface area contributed by atoms with Crippen LogP contribution < -0.4 is 4.90 Å². The zero-order valence-electron chi connectivity index (χ0n) is 15.2. The van der Waals surface area contributed by atoms with Gasteiger partial charge in [-0.2, -0.15) is 0 Å². The molecular formula is C22H19FN2O2S. The Morgan fingerprint density at radius 3 is 2.14 bits per heavy atom. The Labute approximate surface area is 166 Å². The summed E-state index contributed by atoms with van der Waals surface area (Å²) >= 11 is 1.37. The highest BCUT2D eigenvalue weighted by molar-refractivity contribution is 7.12. The second-order valence-corrected chi connectivity index (χ2v) is 7.56. The van der Waals surface area contributed by atoms with Crippen LogP contribution in [0.5, 0.6) is 0 Å². The molecule has 2 aromatic carbocycles. The SMILES string of the molecule is O=C(c1cccs1)c1ccccc1C(=O)N1CCN(c2ccc(F)cc2)CC1. The smallest absolute Gasteiger partial charge is 0.254 e. The predicted octanol–water partition coefficient (Wildman–Crippen LogP) is 4.08. The molecule has 0 saturated carbocycles. The zero-order chi connectivity index (χ0) is 19.5. The van der Waals surface area contributed by atoms with E-state index in [1.54, 1.807) is 47.4 Å². The molecule has 1 fully saturated rings. The van der Waals surface area contributed by atoms with E-state index in [-0.39, 0.29) is 17.5 Å². The molecule has 2 heterocycles. The van der Waals surface area contributed by atoms with E-state index in [9.17, 15) is 14.0 Å². The molecule has 1 aliphatic rings. The third kappa shape index (κ3) is 3.68. The summed E-state index contributed by atoms with van der Waals surface area (Å²) in [5.41, 5.74) is 1.83. The molecule has 0 bridgehead atoms. The number of carbonyl (C=O) groups excluding carboxylic acids is 2. The van der Waals surface area contributed by atoms with Crippen LogP contribution in [0.2, 0.25) is 0 Å². The molecule has 142 valence electrons. The molecule has 0 N–H and O–H groups in total. The number of hydrogen-bond donors (Lipinski definition) is 0. The van der Waals surface area contributed by atoms with Gasteiger partial charge in [0.2, 0.25) is 5.78 Å². The maximum atomic E-state index is 13.1. The summed E-state index contributed by atoms with van der Waals surface area (Å²) in [4.78, 5) is 30.4. The van der Waals surface area contributed by atoms with E-state index in [2.05, 4.69) is 4.90 Å². The monoisotopic (exact) mass is 394 g/mol. The first-order valence-electron chi connectivity index (χ1n) is 9.10. The lowest BCUT2D eigenvalue weighted by Crippen LogP contribution is -2.49. The largest absolute Gasteiger partial charge is 0.368 e. The lowest BCUT2D eigenvalue weighted by atomic mass is 10.0. The fourth-order valence-corrected chi connectivity index (χ4v) is 4.08. The first kappa shape index (κ1) is 18.4. The van der Waals surface area contributed by atoms with Gasteiger partial charge in [0.25, 0.3) is 5.91 Å². The number of anilines is 1. The summed E-state index contributed by atoms with van der Waals surface area (Å²) in [7, 11) is 0. The molecule has 0 spiro atoms. The number of ketones is 1. The van der Waals surface area contributed by atoms with E-state index in [1.165, 1.54) is 23.5 Å². The Bertz CT molecular complexity index is 978. The molecule has 1 aromatic heterocycles. The first-order valence-corrected chi connectivity index (χ1v) is 9.98. The highest BCUT2D eigenvalue weighted by atomic mass is 32.1. The Morgan fingerprint density at radius 2 is 1.50 bits per heavy atom. The Balaban J connectivity index is 1.49. The Morgan fingerprint density at radius 1 is 0.821 bits per heavy atom. The van der Waals surface area contributed by atoms with E-state index in [0.717, 1.165) is 5.69 Å². The second-order valence-electron chi connectivity index (χ2n) is 6.61. The van der Waals surface area contributed by atoms with E-state index < -0.39 is 0 Å². The number of halogens is 1. The van der Waals surface area contributed by atoms with Crippen LogP contribution in [0.15, 0.2) is 66.0 Å². The maximum absolute atomic E-state index is 13.1. The van der Waals surface area contributed by atoms with Crippen molar-refractivity contribution in [2.75, 3.05) is 31.1 Å². The fraction of sp³-hybridized carbons (Fsp3) is 0.182. The number of amides is 1. The molecule has 1 saturated heterocycles. The van der Waals surface area contributed by atoms with Crippen molar-refractivity contribution < 1.29 is 14.0 Å². The van der Waals surface area contributed by atoms with Gasteiger partial charge in [-0.15, -0.1) is 11.3 Å². The molecule has 0 radical (unpaired) electrons. The highest BCUT2D eigenvalue weighted by Crippen LogP contribution is 2.22. The number of nitrogens with zero attached hydrogens (tertiary/aromatic N) is 2. The van der Waals surface area contributed by atoms with Crippen LogP contribution in [0.25, 0.3) is 0 Å². The van der Waals surface area contributed by atoms with Gasteiger partial charge in [0.15, 0.2) is 0 Å². The van der Waals surface area contributed by atoms with Gasteiger partial charge in [-0.05, 0) is 41.8 Å². The van der Waals surface area contributed by atoms with E-state index >= 15 is 0 Å². The van der Waals surface area contributed by atoms with Crippen molar-refractivity contribution in [1.29, 1.82) is 0 Å². The summed E-state index contributed by atoms with van der Waals surface area (Å²) in [5.74, 6) is -0.507. The molecule has 4 rings (SSSR count). The van der Waals surface area contributed by atoms with Crippen LogP contribution in [0, 0.1) is 5.82 Å². The second kappa shape index (κ2) is 7.94. The standard InChI is InChI=1S/C22H19FN2O2S/c23-16-7-9-17(10-8-16)24-11-13-25(14-12-24)22(27)19-5-2-1-4-18(19)21(26)20-6-3-15-28-20/h1-10,15H,11-14H2. The average molecular weight is 394 g/mol. The summed E-state index contributed by atoms with van der Waals surface area (Å²) in [6, 6.07) is 17.0. The predicted molar refractivity (Wildman–Crippen MR) is 109 cm³/mol. The lowest BCUT2D eigenvalue weighted by Gasteiger charge is -2.36. The van der Waals surface area contributed by atoms with Crippen LogP contribution in [0.4, 0.5) is 10.1 Å². The molecule has 0 aliphatic carbocycles. The van der Waals surface area contributed by atoms with Crippen molar-refractivity contribution in [3.05, 3.63) is 87.9 Å². The van der Waals surface area contributed by atoms with Gasteiger partial charge >= 0.3 is 0 Å². The van der Waals surface area contributed by atoms with Crippen molar-refractivity contribution in [2.24, 2.45) is 0 Å². The number of rotatable bonds is 4. The van der Waals surface area contributed by atoms with Crippen molar-refractivity contribution >= 4 is 28.7 Å². The zero-order valence-corrected chi connectivity index (χ0v) is 16.0.